The molecule has 15 heavy (non-hydrogen) atoms. The van der Waals surface area contributed by atoms with E-state index in [-0.39, 0.29) is 5.41 Å². The van der Waals surface area contributed by atoms with Gasteiger partial charge in [0, 0.05) is 5.41 Å². The summed E-state index contributed by atoms with van der Waals surface area (Å²) >= 11 is 0. The van der Waals surface area contributed by atoms with E-state index in [9.17, 15) is 4.79 Å². The van der Waals surface area contributed by atoms with Gasteiger partial charge in [0.2, 0.25) is 0 Å². The van der Waals surface area contributed by atoms with E-state index in [4.69, 9.17) is 0 Å². The zero-order valence-electron chi connectivity index (χ0n) is 10.3. The molecule has 0 aliphatic heterocycles. The predicted octanol–water partition coefficient (Wildman–Crippen LogP) is 3.90. The van der Waals surface area contributed by atoms with E-state index in [1.54, 1.807) is 0 Å². The number of hydrogen-bond donors (Lipinski definition) is 0. The first-order chi connectivity index (χ1) is 6.97. The molecule has 0 fully saturated rings. The molecule has 1 aliphatic carbocycles. The quantitative estimate of drug-likeness (QED) is 0.505. The molecule has 2 unspecified atom stereocenters. The van der Waals surface area contributed by atoms with E-state index in [1.807, 2.05) is 0 Å². The molecule has 2 atom stereocenters. The second-order valence-corrected chi connectivity index (χ2v) is 5.34. The first kappa shape index (κ1) is 12.2. The van der Waals surface area contributed by atoms with Crippen LogP contribution >= 0.6 is 0 Å². The summed E-state index contributed by atoms with van der Waals surface area (Å²) in [6.45, 7) is 8.51. The molecule has 0 bridgehead atoms. The van der Waals surface area contributed by atoms with Crippen molar-refractivity contribution in [2.24, 2.45) is 11.3 Å². The zero-order chi connectivity index (χ0) is 11.5. The number of rotatable bonds is 3. The minimum Gasteiger partial charge on any atom is -0.303 e. The van der Waals surface area contributed by atoms with Crippen molar-refractivity contribution in [3.05, 3.63) is 23.3 Å². The molecule has 1 rings (SSSR count). The van der Waals surface area contributed by atoms with E-state index in [0.717, 1.165) is 25.5 Å². The Labute approximate surface area is 93.3 Å². The number of carbonyl (C=O) groups excluding carboxylic acids is 1. The van der Waals surface area contributed by atoms with Crippen LogP contribution < -0.4 is 0 Å². The molecule has 1 heteroatoms. The summed E-state index contributed by atoms with van der Waals surface area (Å²) < 4.78 is 0. The lowest BCUT2D eigenvalue weighted by Crippen LogP contribution is -2.26. The molecule has 0 N–H and O–H groups in total. The molecule has 84 valence electrons. The number of aldehydes is 1. The maximum Gasteiger partial charge on any atom is 0.126 e. The van der Waals surface area contributed by atoms with Crippen LogP contribution in [0.3, 0.4) is 0 Å². The third-order valence-electron chi connectivity index (χ3n) is 3.34. The van der Waals surface area contributed by atoms with Gasteiger partial charge in [0.15, 0.2) is 0 Å². The van der Waals surface area contributed by atoms with E-state index < -0.39 is 0 Å². The summed E-state index contributed by atoms with van der Waals surface area (Å²) in [7, 11) is 0. The minimum atomic E-state index is -0.125. The van der Waals surface area contributed by atoms with Gasteiger partial charge in [0.05, 0.1) is 0 Å². The SMILES string of the molecule is CC(C)=CCC1CC(C)(C=O)CC=C1C. The van der Waals surface area contributed by atoms with E-state index in [0.29, 0.717) is 5.92 Å². The van der Waals surface area contributed by atoms with Gasteiger partial charge in [-0.05, 0) is 46.0 Å². The molecule has 0 heterocycles. The minimum absolute atomic E-state index is 0.125. The molecule has 0 saturated heterocycles. The highest BCUT2D eigenvalue weighted by Gasteiger charge is 2.30. The van der Waals surface area contributed by atoms with Crippen LogP contribution in [0.5, 0.6) is 0 Å². The molecular formula is C14H22O. The highest BCUT2D eigenvalue weighted by molar-refractivity contribution is 5.59. The van der Waals surface area contributed by atoms with Gasteiger partial charge in [-0.25, -0.2) is 0 Å². The summed E-state index contributed by atoms with van der Waals surface area (Å²) in [6, 6.07) is 0. The Morgan fingerprint density at radius 3 is 2.80 bits per heavy atom. The first-order valence-corrected chi connectivity index (χ1v) is 5.73. The summed E-state index contributed by atoms with van der Waals surface area (Å²) in [6.07, 6.45) is 8.63. The van der Waals surface area contributed by atoms with E-state index >= 15 is 0 Å². The van der Waals surface area contributed by atoms with Crippen LogP contribution in [0.1, 0.15) is 47.0 Å². The maximum absolute atomic E-state index is 11.0. The van der Waals surface area contributed by atoms with Crippen molar-refractivity contribution >= 4 is 6.29 Å². The van der Waals surface area contributed by atoms with Crippen molar-refractivity contribution < 1.29 is 4.79 Å². The Balaban J connectivity index is 2.72. The maximum atomic E-state index is 11.0. The van der Waals surface area contributed by atoms with Crippen LogP contribution in [0.15, 0.2) is 23.3 Å². The van der Waals surface area contributed by atoms with Crippen LogP contribution in [0.2, 0.25) is 0 Å². The van der Waals surface area contributed by atoms with Crippen LogP contribution in [0.25, 0.3) is 0 Å². The van der Waals surface area contributed by atoms with Crippen molar-refractivity contribution in [2.45, 2.75) is 47.0 Å². The Hall–Kier alpha value is -0.850. The van der Waals surface area contributed by atoms with Gasteiger partial charge in [-0.2, -0.15) is 0 Å². The lowest BCUT2D eigenvalue weighted by atomic mass is 9.71. The summed E-state index contributed by atoms with van der Waals surface area (Å²) in [4.78, 5) is 11.0. The van der Waals surface area contributed by atoms with E-state index in [1.165, 1.54) is 11.1 Å². The number of carbonyl (C=O) groups is 1. The normalized spacial score (nSPS) is 30.7. The second-order valence-electron chi connectivity index (χ2n) is 5.34. The van der Waals surface area contributed by atoms with Crippen LogP contribution in [0, 0.1) is 11.3 Å². The van der Waals surface area contributed by atoms with Crippen molar-refractivity contribution in [3.8, 4) is 0 Å². The molecule has 0 aromatic carbocycles. The fraction of sp³-hybridized carbons (Fsp3) is 0.643. The summed E-state index contributed by atoms with van der Waals surface area (Å²) in [5, 5.41) is 0. The smallest absolute Gasteiger partial charge is 0.126 e. The lowest BCUT2D eigenvalue weighted by Gasteiger charge is -2.32. The van der Waals surface area contributed by atoms with Gasteiger partial charge in [-0.3, -0.25) is 0 Å². The predicted molar refractivity (Wildman–Crippen MR) is 64.7 cm³/mol. The van der Waals surface area contributed by atoms with Gasteiger partial charge in [-0.1, -0.05) is 30.2 Å². The molecule has 0 saturated carbocycles. The van der Waals surface area contributed by atoms with Crippen molar-refractivity contribution in [2.75, 3.05) is 0 Å². The van der Waals surface area contributed by atoms with Gasteiger partial charge >= 0.3 is 0 Å². The van der Waals surface area contributed by atoms with Gasteiger partial charge < -0.3 is 4.79 Å². The number of allylic oxidation sites excluding steroid dienone is 4. The molecule has 0 spiro atoms. The monoisotopic (exact) mass is 206 g/mol. The Morgan fingerprint density at radius 2 is 2.27 bits per heavy atom. The third-order valence-corrected chi connectivity index (χ3v) is 3.34. The zero-order valence-corrected chi connectivity index (χ0v) is 10.3. The molecule has 0 aromatic heterocycles. The topological polar surface area (TPSA) is 17.1 Å². The highest BCUT2D eigenvalue weighted by Crippen LogP contribution is 2.38. The second kappa shape index (κ2) is 4.78. The Bertz CT molecular complexity index is 294. The van der Waals surface area contributed by atoms with Crippen molar-refractivity contribution in [1.82, 2.24) is 0 Å². The average molecular weight is 206 g/mol. The van der Waals surface area contributed by atoms with E-state index in [2.05, 4.69) is 39.8 Å². The first-order valence-electron chi connectivity index (χ1n) is 5.73. The molecule has 0 radical (unpaired) electrons. The summed E-state index contributed by atoms with van der Waals surface area (Å²) in [5.41, 5.74) is 2.69. The third kappa shape index (κ3) is 3.33. The van der Waals surface area contributed by atoms with Crippen molar-refractivity contribution in [1.29, 1.82) is 0 Å². The van der Waals surface area contributed by atoms with Crippen LogP contribution in [-0.2, 0) is 4.79 Å². The Morgan fingerprint density at radius 1 is 1.60 bits per heavy atom. The molecule has 1 aliphatic rings. The number of hydrogen-bond acceptors (Lipinski definition) is 1. The fourth-order valence-electron chi connectivity index (χ4n) is 2.11. The Kier molecular flexibility index (Phi) is 3.90. The summed E-state index contributed by atoms with van der Waals surface area (Å²) in [5.74, 6) is 0.559. The van der Waals surface area contributed by atoms with Gasteiger partial charge in [0.1, 0.15) is 6.29 Å². The van der Waals surface area contributed by atoms with Gasteiger partial charge in [0.25, 0.3) is 0 Å². The van der Waals surface area contributed by atoms with Crippen LogP contribution in [-0.4, -0.2) is 6.29 Å². The largest absolute Gasteiger partial charge is 0.303 e. The standard InChI is InChI=1S/C14H22O/c1-11(2)5-6-13-9-14(4,10-15)8-7-12(13)3/h5,7,10,13H,6,8-9H2,1-4H3. The fourth-order valence-corrected chi connectivity index (χ4v) is 2.11. The highest BCUT2D eigenvalue weighted by atomic mass is 16.1. The molecular weight excluding hydrogens is 184 g/mol. The van der Waals surface area contributed by atoms with Crippen molar-refractivity contribution in [3.63, 3.8) is 0 Å². The van der Waals surface area contributed by atoms with Crippen LogP contribution in [0.4, 0.5) is 0 Å². The lowest BCUT2D eigenvalue weighted by molar-refractivity contribution is -0.116. The van der Waals surface area contributed by atoms with Gasteiger partial charge in [-0.15, -0.1) is 0 Å². The average Bonchev–Trinajstić information content (AvgIpc) is 2.20. The molecule has 0 amide bonds. The molecule has 1 nitrogen and oxygen atoms in total. The molecule has 0 aromatic rings.